The fourth-order valence-corrected chi connectivity index (χ4v) is 2.39. The highest BCUT2D eigenvalue weighted by atomic mass is 16.5. The second-order valence-electron chi connectivity index (χ2n) is 5.67. The van der Waals surface area contributed by atoms with Crippen molar-refractivity contribution in [1.29, 1.82) is 0 Å². The van der Waals surface area contributed by atoms with Gasteiger partial charge in [0.1, 0.15) is 0 Å². The summed E-state index contributed by atoms with van der Waals surface area (Å²) in [5.74, 6) is 0.347. The number of hydrogen-bond acceptors (Lipinski definition) is 5. The van der Waals surface area contributed by atoms with E-state index >= 15 is 0 Å². The number of rotatable bonds is 5. The van der Waals surface area contributed by atoms with Crippen LogP contribution in [-0.2, 0) is 0 Å². The molecule has 1 heterocycles. The van der Waals surface area contributed by atoms with Crippen LogP contribution in [0.2, 0.25) is 0 Å². The van der Waals surface area contributed by atoms with E-state index in [4.69, 9.17) is 9.15 Å². The van der Waals surface area contributed by atoms with Crippen LogP contribution in [-0.4, -0.2) is 33.3 Å². The molecule has 1 aromatic heterocycles. The summed E-state index contributed by atoms with van der Waals surface area (Å²) in [5, 5.41) is 4.77. The molecule has 0 bridgehead atoms. The molecule has 6 nitrogen and oxygen atoms in total. The molecule has 0 saturated heterocycles. The molecule has 0 aliphatic heterocycles. The Bertz CT molecular complexity index is 911. The topological polar surface area (TPSA) is 67.1 Å². The maximum atomic E-state index is 12.2. The predicted octanol–water partition coefficient (Wildman–Crippen LogP) is 3.27. The SMILES string of the molecule is COc1cccc2cc(C(=O)N/N=C\c3ccc(N(C)C)cc3)oc12. The first kappa shape index (κ1) is 16.6. The van der Waals surface area contributed by atoms with Gasteiger partial charge in [-0.3, -0.25) is 4.79 Å². The number of carbonyl (C=O) groups is 1. The van der Waals surface area contributed by atoms with Crippen molar-refractivity contribution in [2.75, 3.05) is 26.1 Å². The number of hydrazone groups is 1. The molecule has 0 fully saturated rings. The third-order valence-electron chi connectivity index (χ3n) is 3.74. The number of furan rings is 1. The molecule has 2 aromatic carbocycles. The number of hydrogen-bond donors (Lipinski definition) is 1. The van der Waals surface area contributed by atoms with Crippen LogP contribution < -0.4 is 15.1 Å². The predicted molar refractivity (Wildman–Crippen MR) is 98.6 cm³/mol. The zero-order valence-corrected chi connectivity index (χ0v) is 14.3. The molecule has 6 heteroatoms. The Kier molecular flexibility index (Phi) is 4.70. The van der Waals surface area contributed by atoms with E-state index in [2.05, 4.69) is 10.5 Å². The number of benzene rings is 2. The first-order valence-corrected chi connectivity index (χ1v) is 7.76. The lowest BCUT2D eigenvalue weighted by atomic mass is 10.2. The molecule has 0 aliphatic carbocycles. The Morgan fingerprint density at radius 3 is 2.64 bits per heavy atom. The summed E-state index contributed by atoms with van der Waals surface area (Å²) in [7, 11) is 5.51. The van der Waals surface area contributed by atoms with Gasteiger partial charge in [-0.1, -0.05) is 24.3 Å². The molecular weight excluding hydrogens is 318 g/mol. The van der Waals surface area contributed by atoms with E-state index in [1.54, 1.807) is 25.5 Å². The van der Waals surface area contributed by atoms with Crippen molar-refractivity contribution in [1.82, 2.24) is 5.43 Å². The van der Waals surface area contributed by atoms with Crippen molar-refractivity contribution < 1.29 is 13.9 Å². The standard InChI is InChI=1S/C19H19N3O3/c1-22(2)15-9-7-13(8-10-15)12-20-21-19(23)17-11-14-5-4-6-16(24-3)18(14)25-17/h4-12H,1-3H3,(H,21,23)/b20-12-. The third-order valence-corrected chi connectivity index (χ3v) is 3.74. The maximum absolute atomic E-state index is 12.2. The summed E-state index contributed by atoms with van der Waals surface area (Å²) in [4.78, 5) is 14.2. The van der Waals surface area contributed by atoms with Gasteiger partial charge in [0.25, 0.3) is 0 Å². The van der Waals surface area contributed by atoms with Gasteiger partial charge in [0.2, 0.25) is 0 Å². The van der Waals surface area contributed by atoms with Crippen LogP contribution >= 0.6 is 0 Å². The van der Waals surface area contributed by atoms with Crippen molar-refractivity contribution in [2.24, 2.45) is 5.10 Å². The average Bonchev–Trinajstić information content (AvgIpc) is 3.06. The van der Waals surface area contributed by atoms with Crippen molar-refractivity contribution in [3.8, 4) is 5.75 Å². The monoisotopic (exact) mass is 337 g/mol. The van der Waals surface area contributed by atoms with Gasteiger partial charge in [-0.25, -0.2) is 5.43 Å². The van der Waals surface area contributed by atoms with Crippen LogP contribution in [0.5, 0.6) is 5.75 Å². The summed E-state index contributed by atoms with van der Waals surface area (Å²) < 4.78 is 10.8. The number of methoxy groups -OCH3 is 1. The van der Waals surface area contributed by atoms with Crippen molar-refractivity contribution in [2.45, 2.75) is 0 Å². The Balaban J connectivity index is 1.70. The largest absolute Gasteiger partial charge is 0.493 e. The molecule has 0 radical (unpaired) electrons. The maximum Gasteiger partial charge on any atom is 0.307 e. The molecule has 0 unspecified atom stereocenters. The number of amides is 1. The van der Waals surface area contributed by atoms with Crippen molar-refractivity contribution in [3.63, 3.8) is 0 Å². The number of ether oxygens (including phenoxy) is 1. The molecule has 128 valence electrons. The second-order valence-corrected chi connectivity index (χ2v) is 5.67. The fraction of sp³-hybridized carbons (Fsp3) is 0.158. The second kappa shape index (κ2) is 7.09. The minimum Gasteiger partial charge on any atom is -0.493 e. The van der Waals surface area contributed by atoms with Gasteiger partial charge in [-0.05, 0) is 29.8 Å². The highest BCUT2D eigenvalue weighted by molar-refractivity contribution is 5.97. The minimum atomic E-state index is -0.417. The molecule has 0 spiro atoms. The summed E-state index contributed by atoms with van der Waals surface area (Å²) in [6.07, 6.45) is 1.58. The third kappa shape index (κ3) is 3.63. The van der Waals surface area contributed by atoms with Crippen molar-refractivity contribution >= 4 is 28.8 Å². The van der Waals surface area contributed by atoms with E-state index in [1.165, 1.54) is 0 Å². The number of para-hydroxylation sites is 1. The van der Waals surface area contributed by atoms with Gasteiger partial charge < -0.3 is 14.1 Å². The molecule has 0 saturated carbocycles. The zero-order valence-electron chi connectivity index (χ0n) is 14.3. The molecule has 25 heavy (non-hydrogen) atoms. The average molecular weight is 337 g/mol. The molecular formula is C19H19N3O3. The number of nitrogens with zero attached hydrogens (tertiary/aromatic N) is 2. The number of carbonyl (C=O) groups excluding carboxylic acids is 1. The highest BCUT2D eigenvalue weighted by Crippen LogP contribution is 2.28. The van der Waals surface area contributed by atoms with Crippen LogP contribution in [0, 0.1) is 0 Å². The number of anilines is 1. The van der Waals surface area contributed by atoms with Gasteiger partial charge in [0, 0.05) is 25.2 Å². The molecule has 0 aliphatic rings. The van der Waals surface area contributed by atoms with E-state index < -0.39 is 5.91 Å². The quantitative estimate of drug-likeness (QED) is 0.573. The van der Waals surface area contributed by atoms with Crippen LogP contribution in [0.15, 0.2) is 58.0 Å². The molecule has 1 amide bonds. The summed E-state index contributed by atoms with van der Waals surface area (Å²) in [6.45, 7) is 0. The van der Waals surface area contributed by atoms with E-state index in [1.807, 2.05) is 55.4 Å². The van der Waals surface area contributed by atoms with E-state index in [0.717, 1.165) is 16.6 Å². The highest BCUT2D eigenvalue weighted by Gasteiger charge is 2.14. The van der Waals surface area contributed by atoms with Crippen LogP contribution in [0.3, 0.4) is 0 Å². The molecule has 0 atom stereocenters. The minimum absolute atomic E-state index is 0.180. The summed E-state index contributed by atoms with van der Waals surface area (Å²) in [5.41, 5.74) is 4.99. The smallest absolute Gasteiger partial charge is 0.307 e. The van der Waals surface area contributed by atoms with E-state index in [0.29, 0.717) is 11.3 Å². The number of nitrogens with one attached hydrogen (secondary N) is 1. The first-order chi connectivity index (χ1) is 12.1. The van der Waals surface area contributed by atoms with Gasteiger partial charge in [-0.15, -0.1) is 0 Å². The van der Waals surface area contributed by atoms with Gasteiger partial charge >= 0.3 is 5.91 Å². The lowest BCUT2D eigenvalue weighted by Gasteiger charge is -2.11. The Morgan fingerprint density at radius 2 is 1.96 bits per heavy atom. The lowest BCUT2D eigenvalue weighted by Crippen LogP contribution is -2.16. The fourth-order valence-electron chi connectivity index (χ4n) is 2.39. The Labute approximate surface area is 145 Å². The molecule has 3 rings (SSSR count). The van der Waals surface area contributed by atoms with Gasteiger partial charge in [-0.2, -0.15) is 5.10 Å². The summed E-state index contributed by atoms with van der Waals surface area (Å²) >= 11 is 0. The Morgan fingerprint density at radius 1 is 1.20 bits per heavy atom. The van der Waals surface area contributed by atoms with Gasteiger partial charge in [0.05, 0.1) is 13.3 Å². The van der Waals surface area contributed by atoms with E-state index in [-0.39, 0.29) is 5.76 Å². The normalized spacial score (nSPS) is 11.0. The number of fused-ring (bicyclic) bond motifs is 1. The summed E-state index contributed by atoms with van der Waals surface area (Å²) in [6, 6.07) is 15.0. The van der Waals surface area contributed by atoms with Crippen LogP contribution in [0.25, 0.3) is 11.0 Å². The van der Waals surface area contributed by atoms with Gasteiger partial charge in [0.15, 0.2) is 17.1 Å². The zero-order chi connectivity index (χ0) is 17.8. The Hall–Kier alpha value is -3.28. The first-order valence-electron chi connectivity index (χ1n) is 7.76. The lowest BCUT2D eigenvalue weighted by molar-refractivity contribution is 0.0929. The van der Waals surface area contributed by atoms with Crippen LogP contribution in [0.1, 0.15) is 16.1 Å². The van der Waals surface area contributed by atoms with E-state index in [9.17, 15) is 4.79 Å². The van der Waals surface area contributed by atoms with Crippen LogP contribution in [0.4, 0.5) is 5.69 Å². The molecule has 3 aromatic rings. The van der Waals surface area contributed by atoms with Crippen molar-refractivity contribution in [3.05, 3.63) is 59.9 Å². The molecule has 1 N–H and O–H groups in total.